The van der Waals surface area contributed by atoms with Crippen molar-refractivity contribution in [2.24, 2.45) is 0 Å². The van der Waals surface area contributed by atoms with Crippen molar-refractivity contribution in [1.29, 1.82) is 0 Å². The van der Waals surface area contributed by atoms with Gasteiger partial charge < -0.3 is 9.15 Å². The Labute approximate surface area is 108 Å². The SMILES string of the molecule is CCOC(=O)c1ccoc1-c1ccc(Br)cc1. The van der Waals surface area contributed by atoms with Crippen molar-refractivity contribution < 1.29 is 13.9 Å². The topological polar surface area (TPSA) is 39.4 Å². The molecule has 0 atom stereocenters. The Bertz CT molecular complexity index is 514. The fourth-order valence-electron chi connectivity index (χ4n) is 1.50. The molecule has 0 amide bonds. The quantitative estimate of drug-likeness (QED) is 0.806. The number of ether oxygens (including phenoxy) is 1. The van der Waals surface area contributed by atoms with Gasteiger partial charge in [-0.25, -0.2) is 4.79 Å². The van der Waals surface area contributed by atoms with Crippen molar-refractivity contribution >= 4 is 21.9 Å². The summed E-state index contributed by atoms with van der Waals surface area (Å²) in [6, 6.07) is 9.17. The molecule has 1 aromatic heterocycles. The zero-order valence-electron chi connectivity index (χ0n) is 9.27. The molecule has 0 aliphatic heterocycles. The molecule has 0 aliphatic rings. The highest BCUT2D eigenvalue weighted by molar-refractivity contribution is 9.10. The first-order valence-electron chi connectivity index (χ1n) is 5.23. The third kappa shape index (κ3) is 2.58. The number of hydrogen-bond donors (Lipinski definition) is 0. The summed E-state index contributed by atoms with van der Waals surface area (Å²) < 4.78 is 11.3. The smallest absolute Gasteiger partial charge is 0.342 e. The number of carbonyl (C=O) groups excluding carboxylic acids is 1. The van der Waals surface area contributed by atoms with E-state index >= 15 is 0 Å². The molecule has 17 heavy (non-hydrogen) atoms. The van der Waals surface area contributed by atoms with Crippen molar-refractivity contribution in [3.05, 3.63) is 46.6 Å². The number of hydrogen-bond acceptors (Lipinski definition) is 3. The van der Waals surface area contributed by atoms with E-state index in [1.54, 1.807) is 13.0 Å². The van der Waals surface area contributed by atoms with Crippen LogP contribution in [-0.2, 0) is 4.74 Å². The molecule has 0 saturated heterocycles. The van der Waals surface area contributed by atoms with Crippen LogP contribution in [0.25, 0.3) is 11.3 Å². The number of carbonyl (C=O) groups is 1. The summed E-state index contributed by atoms with van der Waals surface area (Å²) in [4.78, 5) is 11.7. The Morgan fingerprint density at radius 1 is 1.29 bits per heavy atom. The summed E-state index contributed by atoms with van der Waals surface area (Å²) in [7, 11) is 0. The van der Waals surface area contributed by atoms with E-state index < -0.39 is 0 Å². The van der Waals surface area contributed by atoms with Crippen LogP contribution >= 0.6 is 15.9 Å². The molecular formula is C13H11BrO3. The lowest BCUT2D eigenvalue weighted by atomic mass is 10.1. The number of furan rings is 1. The van der Waals surface area contributed by atoms with Gasteiger partial charge in [-0.2, -0.15) is 0 Å². The van der Waals surface area contributed by atoms with Crippen molar-refractivity contribution in [3.63, 3.8) is 0 Å². The second-order valence-corrected chi connectivity index (χ2v) is 4.31. The van der Waals surface area contributed by atoms with Gasteiger partial charge in [0.05, 0.1) is 12.9 Å². The van der Waals surface area contributed by atoms with Crippen LogP contribution in [-0.4, -0.2) is 12.6 Å². The largest absolute Gasteiger partial charge is 0.463 e. The minimum absolute atomic E-state index is 0.351. The van der Waals surface area contributed by atoms with Crippen molar-refractivity contribution in [1.82, 2.24) is 0 Å². The van der Waals surface area contributed by atoms with Gasteiger partial charge in [0.1, 0.15) is 11.3 Å². The molecule has 0 unspecified atom stereocenters. The first kappa shape index (κ1) is 11.9. The molecule has 0 saturated carbocycles. The highest BCUT2D eigenvalue weighted by Crippen LogP contribution is 2.26. The third-order valence-corrected chi connectivity index (χ3v) is 2.80. The van der Waals surface area contributed by atoms with Crippen LogP contribution in [0.4, 0.5) is 0 Å². The lowest BCUT2D eigenvalue weighted by molar-refractivity contribution is 0.0527. The van der Waals surface area contributed by atoms with Gasteiger partial charge in [-0.15, -0.1) is 0 Å². The highest BCUT2D eigenvalue weighted by atomic mass is 79.9. The van der Waals surface area contributed by atoms with Crippen molar-refractivity contribution in [2.45, 2.75) is 6.92 Å². The van der Waals surface area contributed by atoms with Crippen LogP contribution in [0.15, 0.2) is 45.5 Å². The van der Waals surface area contributed by atoms with Gasteiger partial charge >= 0.3 is 5.97 Å². The van der Waals surface area contributed by atoms with Crippen LogP contribution < -0.4 is 0 Å². The zero-order valence-corrected chi connectivity index (χ0v) is 10.9. The molecule has 0 N–H and O–H groups in total. The fraction of sp³-hybridized carbons (Fsp3) is 0.154. The first-order chi connectivity index (χ1) is 8.22. The van der Waals surface area contributed by atoms with Crippen LogP contribution in [0.2, 0.25) is 0 Å². The van der Waals surface area contributed by atoms with E-state index in [1.165, 1.54) is 6.26 Å². The zero-order chi connectivity index (χ0) is 12.3. The second-order valence-electron chi connectivity index (χ2n) is 3.39. The Morgan fingerprint density at radius 2 is 2.00 bits per heavy atom. The van der Waals surface area contributed by atoms with E-state index in [4.69, 9.17) is 9.15 Å². The highest BCUT2D eigenvalue weighted by Gasteiger charge is 2.16. The molecule has 3 nitrogen and oxygen atoms in total. The molecule has 0 bridgehead atoms. The summed E-state index contributed by atoms with van der Waals surface area (Å²) in [6.07, 6.45) is 1.49. The molecule has 4 heteroatoms. The summed E-state index contributed by atoms with van der Waals surface area (Å²) in [5, 5.41) is 0. The Hall–Kier alpha value is -1.55. The third-order valence-electron chi connectivity index (χ3n) is 2.27. The molecule has 0 fully saturated rings. The van der Waals surface area contributed by atoms with E-state index in [9.17, 15) is 4.79 Å². The molecular weight excluding hydrogens is 284 g/mol. The maximum absolute atomic E-state index is 11.7. The molecule has 2 rings (SSSR count). The van der Waals surface area contributed by atoms with E-state index in [1.807, 2.05) is 24.3 Å². The summed E-state index contributed by atoms with van der Waals surface area (Å²) in [6.45, 7) is 2.13. The summed E-state index contributed by atoms with van der Waals surface area (Å²) in [5.74, 6) is 0.176. The van der Waals surface area contributed by atoms with Gasteiger partial charge in [0.15, 0.2) is 0 Å². The van der Waals surface area contributed by atoms with E-state index in [0.29, 0.717) is 17.9 Å². The molecule has 0 aliphatic carbocycles. The maximum atomic E-state index is 11.7. The lowest BCUT2D eigenvalue weighted by Gasteiger charge is -2.02. The van der Waals surface area contributed by atoms with Crippen molar-refractivity contribution in [2.75, 3.05) is 6.61 Å². The van der Waals surface area contributed by atoms with E-state index in [0.717, 1.165) is 10.0 Å². The normalized spacial score (nSPS) is 10.2. The van der Waals surface area contributed by atoms with Gasteiger partial charge in [-0.05, 0) is 25.1 Å². The molecule has 0 spiro atoms. The van der Waals surface area contributed by atoms with Gasteiger partial charge in [0.25, 0.3) is 0 Å². The minimum Gasteiger partial charge on any atom is -0.463 e. The van der Waals surface area contributed by atoms with Gasteiger partial charge in [0.2, 0.25) is 0 Å². The minimum atomic E-state index is -0.362. The second kappa shape index (κ2) is 5.19. The fourth-order valence-corrected chi connectivity index (χ4v) is 1.77. The van der Waals surface area contributed by atoms with E-state index in [-0.39, 0.29) is 5.97 Å². The Morgan fingerprint density at radius 3 is 2.65 bits per heavy atom. The van der Waals surface area contributed by atoms with Crippen molar-refractivity contribution in [3.8, 4) is 11.3 Å². The Kier molecular flexibility index (Phi) is 3.64. The van der Waals surface area contributed by atoms with E-state index in [2.05, 4.69) is 15.9 Å². The van der Waals surface area contributed by atoms with Crippen LogP contribution in [0.5, 0.6) is 0 Å². The Balaban J connectivity index is 2.36. The van der Waals surface area contributed by atoms with Crippen LogP contribution in [0.1, 0.15) is 17.3 Å². The summed E-state index contributed by atoms with van der Waals surface area (Å²) in [5.41, 5.74) is 1.30. The monoisotopic (exact) mass is 294 g/mol. The molecule has 1 aromatic carbocycles. The van der Waals surface area contributed by atoms with Crippen LogP contribution in [0.3, 0.4) is 0 Å². The number of esters is 1. The predicted molar refractivity (Wildman–Crippen MR) is 67.8 cm³/mol. The van der Waals surface area contributed by atoms with Gasteiger partial charge in [-0.1, -0.05) is 28.1 Å². The predicted octanol–water partition coefficient (Wildman–Crippen LogP) is 3.89. The van der Waals surface area contributed by atoms with Gasteiger partial charge in [-0.3, -0.25) is 0 Å². The number of rotatable bonds is 3. The van der Waals surface area contributed by atoms with Gasteiger partial charge in [0, 0.05) is 10.0 Å². The average Bonchev–Trinajstić information content (AvgIpc) is 2.79. The lowest BCUT2D eigenvalue weighted by Crippen LogP contribution is -2.04. The molecule has 0 radical (unpaired) electrons. The molecule has 1 heterocycles. The average molecular weight is 295 g/mol. The summed E-state index contributed by atoms with van der Waals surface area (Å²) >= 11 is 3.36. The first-order valence-corrected chi connectivity index (χ1v) is 6.02. The standard InChI is InChI=1S/C13H11BrO3/c1-2-16-13(15)11-7-8-17-12(11)9-3-5-10(14)6-4-9/h3-8H,2H2,1H3. The number of benzene rings is 1. The number of halogens is 1. The van der Waals surface area contributed by atoms with Crippen LogP contribution in [0, 0.1) is 0 Å². The maximum Gasteiger partial charge on any atom is 0.342 e. The molecule has 88 valence electrons. The molecule has 2 aromatic rings.